The van der Waals surface area contributed by atoms with Crippen molar-refractivity contribution >= 4 is 0 Å². The quantitative estimate of drug-likeness (QED) is 0.486. The van der Waals surface area contributed by atoms with Gasteiger partial charge in [0.05, 0.1) is 6.61 Å². The van der Waals surface area contributed by atoms with Gasteiger partial charge in [0.25, 0.3) is 0 Å². The highest BCUT2D eigenvalue weighted by Gasteiger charge is 2.08. The van der Waals surface area contributed by atoms with Crippen LogP contribution < -0.4 is 5.32 Å². The van der Waals surface area contributed by atoms with Crippen molar-refractivity contribution in [1.29, 1.82) is 0 Å². The summed E-state index contributed by atoms with van der Waals surface area (Å²) in [7, 11) is 0. The van der Waals surface area contributed by atoms with Crippen LogP contribution in [0.5, 0.6) is 0 Å². The third-order valence-corrected chi connectivity index (χ3v) is 1.56. The second-order valence-corrected chi connectivity index (χ2v) is 2.22. The van der Waals surface area contributed by atoms with Crippen LogP contribution in [-0.2, 0) is 5.11 Å². The minimum absolute atomic E-state index is 0.0278. The molecule has 3 heteroatoms. The van der Waals surface area contributed by atoms with E-state index in [2.05, 4.69) is 10.2 Å². The van der Waals surface area contributed by atoms with Crippen molar-refractivity contribution in [3.05, 3.63) is 0 Å². The molecule has 0 saturated carbocycles. The highest BCUT2D eigenvalue weighted by Crippen LogP contribution is 1.90. The van der Waals surface area contributed by atoms with Crippen LogP contribution in [-0.4, -0.2) is 44.2 Å². The maximum Gasteiger partial charge on any atom is 0.0949 e. The first kappa shape index (κ1) is 6.99. The van der Waals surface area contributed by atoms with E-state index in [9.17, 15) is 5.11 Å². The van der Waals surface area contributed by atoms with Gasteiger partial charge in [0, 0.05) is 32.7 Å². The van der Waals surface area contributed by atoms with Crippen molar-refractivity contribution < 1.29 is 5.11 Å². The monoisotopic (exact) mass is 128 g/mol. The topological polar surface area (TPSA) is 37.2 Å². The first-order valence-electron chi connectivity index (χ1n) is 3.37. The lowest BCUT2D eigenvalue weighted by atomic mass is 10.4. The van der Waals surface area contributed by atoms with Crippen LogP contribution in [0.4, 0.5) is 0 Å². The average Bonchev–Trinajstić information content (AvgIpc) is 1.91. The van der Waals surface area contributed by atoms with Gasteiger partial charge in [-0.05, 0) is 0 Å². The van der Waals surface area contributed by atoms with Gasteiger partial charge in [-0.25, -0.2) is 10.4 Å². The molecule has 2 radical (unpaired) electrons. The number of rotatable bonds is 2. The molecule has 1 heterocycles. The molecule has 1 fully saturated rings. The number of piperazine rings is 1. The van der Waals surface area contributed by atoms with E-state index < -0.39 is 0 Å². The van der Waals surface area contributed by atoms with Crippen molar-refractivity contribution in [3.63, 3.8) is 0 Å². The van der Waals surface area contributed by atoms with E-state index in [1.54, 1.807) is 0 Å². The Balaban J connectivity index is 2.08. The third-order valence-electron chi connectivity index (χ3n) is 1.56. The molecule has 0 unspecified atom stereocenters. The number of hydrogen-bond donors (Lipinski definition) is 0. The molecule has 1 rings (SSSR count). The zero-order valence-electron chi connectivity index (χ0n) is 5.55. The van der Waals surface area contributed by atoms with Crippen molar-refractivity contribution in [2.75, 3.05) is 39.3 Å². The summed E-state index contributed by atoms with van der Waals surface area (Å²) in [6.07, 6.45) is 0. The van der Waals surface area contributed by atoms with Gasteiger partial charge in [-0.2, -0.15) is 0 Å². The number of nitrogens with zero attached hydrogens (tertiary/aromatic N) is 2. The molecule has 52 valence electrons. The van der Waals surface area contributed by atoms with Crippen LogP contribution in [0.1, 0.15) is 0 Å². The molecule has 0 atom stereocenters. The van der Waals surface area contributed by atoms with Gasteiger partial charge in [0.15, 0.2) is 0 Å². The molecule has 0 aliphatic carbocycles. The van der Waals surface area contributed by atoms with E-state index in [4.69, 9.17) is 0 Å². The zero-order chi connectivity index (χ0) is 6.53. The maximum absolute atomic E-state index is 10.1. The summed E-state index contributed by atoms with van der Waals surface area (Å²) < 4.78 is 0. The minimum atomic E-state index is 0.0278. The Morgan fingerprint density at radius 1 is 1.33 bits per heavy atom. The lowest BCUT2D eigenvalue weighted by Crippen LogP contribution is -2.41. The molecule has 1 aliphatic heterocycles. The summed E-state index contributed by atoms with van der Waals surface area (Å²) in [6, 6.07) is 0. The standard InChI is InChI=1S/C6H12N2O/c9-6-5-8-3-1-7-2-4-8/h1-6H2. The van der Waals surface area contributed by atoms with Gasteiger partial charge in [-0.1, -0.05) is 0 Å². The number of hydrogen-bond acceptors (Lipinski definition) is 1. The Hall–Kier alpha value is -0.120. The lowest BCUT2D eigenvalue weighted by Gasteiger charge is -2.24. The maximum atomic E-state index is 10.1. The van der Waals surface area contributed by atoms with Crippen molar-refractivity contribution in [1.82, 2.24) is 10.2 Å². The molecule has 0 N–H and O–H groups in total. The van der Waals surface area contributed by atoms with Crippen LogP contribution >= 0.6 is 0 Å². The second kappa shape index (κ2) is 3.82. The van der Waals surface area contributed by atoms with Crippen LogP contribution in [0.25, 0.3) is 0 Å². The van der Waals surface area contributed by atoms with Gasteiger partial charge in [0.1, 0.15) is 0 Å². The molecule has 0 aromatic rings. The first-order valence-corrected chi connectivity index (χ1v) is 3.37. The van der Waals surface area contributed by atoms with E-state index in [1.807, 2.05) is 0 Å². The van der Waals surface area contributed by atoms with Crippen LogP contribution in [0.3, 0.4) is 0 Å². The van der Waals surface area contributed by atoms with E-state index >= 15 is 0 Å². The van der Waals surface area contributed by atoms with Crippen molar-refractivity contribution in [2.24, 2.45) is 0 Å². The Bertz CT molecular complexity index is 68.7. The summed E-state index contributed by atoms with van der Waals surface area (Å²) >= 11 is 0. The fraction of sp³-hybridized carbons (Fsp3) is 1.00. The van der Waals surface area contributed by atoms with Crippen molar-refractivity contribution in [3.8, 4) is 0 Å². The zero-order valence-corrected chi connectivity index (χ0v) is 5.55. The van der Waals surface area contributed by atoms with E-state index in [1.165, 1.54) is 0 Å². The smallest absolute Gasteiger partial charge is 0.0949 e. The lowest BCUT2D eigenvalue weighted by molar-refractivity contribution is 0.132. The van der Waals surface area contributed by atoms with E-state index in [0.717, 1.165) is 26.2 Å². The van der Waals surface area contributed by atoms with Crippen LogP contribution in [0.2, 0.25) is 0 Å². The van der Waals surface area contributed by atoms with E-state index in [0.29, 0.717) is 6.54 Å². The Morgan fingerprint density at radius 3 is 2.56 bits per heavy atom. The Morgan fingerprint density at radius 2 is 2.00 bits per heavy atom. The highest BCUT2D eigenvalue weighted by molar-refractivity contribution is 4.65. The Labute approximate surface area is 55.7 Å². The fourth-order valence-corrected chi connectivity index (χ4v) is 1.00. The van der Waals surface area contributed by atoms with Crippen LogP contribution in [0, 0.1) is 0 Å². The van der Waals surface area contributed by atoms with Crippen molar-refractivity contribution in [2.45, 2.75) is 0 Å². The summed E-state index contributed by atoms with van der Waals surface area (Å²) in [5, 5.41) is 14.3. The molecular weight excluding hydrogens is 116 g/mol. The molecule has 0 amide bonds. The first-order chi connectivity index (χ1) is 4.43. The highest BCUT2D eigenvalue weighted by atomic mass is 16.3. The molecule has 1 aliphatic rings. The summed E-state index contributed by atoms with van der Waals surface area (Å²) in [5.41, 5.74) is 0. The van der Waals surface area contributed by atoms with E-state index in [-0.39, 0.29) is 6.61 Å². The van der Waals surface area contributed by atoms with Crippen LogP contribution in [0.15, 0.2) is 0 Å². The SMILES string of the molecule is [O]CCN1CC[N]CC1. The molecule has 0 aromatic heterocycles. The molecule has 0 spiro atoms. The predicted molar refractivity (Wildman–Crippen MR) is 33.9 cm³/mol. The van der Waals surface area contributed by atoms with Gasteiger partial charge in [-0.15, -0.1) is 0 Å². The molecule has 0 aromatic carbocycles. The molecule has 0 bridgehead atoms. The second-order valence-electron chi connectivity index (χ2n) is 2.22. The average molecular weight is 128 g/mol. The molecule has 3 nitrogen and oxygen atoms in total. The molecular formula is C6H12N2O. The minimum Gasteiger partial charge on any atom is -0.298 e. The van der Waals surface area contributed by atoms with Gasteiger partial charge in [0.2, 0.25) is 0 Å². The summed E-state index contributed by atoms with van der Waals surface area (Å²) in [5.74, 6) is 0. The summed E-state index contributed by atoms with van der Waals surface area (Å²) in [4.78, 5) is 2.17. The predicted octanol–water partition coefficient (Wildman–Crippen LogP) is -0.663. The Kier molecular flexibility index (Phi) is 2.97. The summed E-state index contributed by atoms with van der Waals surface area (Å²) in [6.45, 7) is 4.54. The largest absolute Gasteiger partial charge is 0.298 e. The normalized spacial score (nSPS) is 22.3. The third kappa shape index (κ3) is 2.30. The van der Waals surface area contributed by atoms with Gasteiger partial charge < -0.3 is 0 Å². The molecule has 9 heavy (non-hydrogen) atoms. The fourth-order valence-electron chi connectivity index (χ4n) is 1.00. The molecule has 1 saturated heterocycles. The van der Waals surface area contributed by atoms with Gasteiger partial charge >= 0.3 is 0 Å². The van der Waals surface area contributed by atoms with Gasteiger partial charge in [-0.3, -0.25) is 4.90 Å².